The maximum atomic E-state index is 13.3. The van der Waals surface area contributed by atoms with Gasteiger partial charge >= 0.3 is 0 Å². The van der Waals surface area contributed by atoms with E-state index < -0.39 is 5.91 Å². The van der Waals surface area contributed by atoms with Gasteiger partial charge in [-0.3, -0.25) is 9.59 Å². The molecule has 3 aromatic rings. The van der Waals surface area contributed by atoms with Crippen LogP contribution in [0, 0.1) is 25.2 Å². The number of nitrogens with one attached hydrogen (secondary N) is 1. The Balaban J connectivity index is 1.80. The van der Waals surface area contributed by atoms with Crippen molar-refractivity contribution in [1.82, 2.24) is 0 Å². The maximum absolute atomic E-state index is 13.3. The van der Waals surface area contributed by atoms with Crippen molar-refractivity contribution in [3.63, 3.8) is 0 Å². The fraction of sp³-hybridized carbons (Fsp3) is 0.0870. The molecule has 1 aliphatic heterocycles. The lowest BCUT2D eigenvalue weighted by molar-refractivity contribution is -0.120. The molecule has 0 spiro atoms. The summed E-state index contributed by atoms with van der Waals surface area (Å²) in [7, 11) is 0. The van der Waals surface area contributed by atoms with E-state index in [1.807, 2.05) is 55.6 Å². The van der Waals surface area contributed by atoms with Crippen LogP contribution >= 0.6 is 11.3 Å². The second kappa shape index (κ2) is 7.38. The monoisotopic (exact) mass is 399 g/mol. The van der Waals surface area contributed by atoms with Crippen LogP contribution in [0.2, 0.25) is 0 Å². The Morgan fingerprint density at radius 1 is 1.00 bits per heavy atom. The lowest BCUT2D eigenvalue weighted by Crippen LogP contribution is -2.32. The molecule has 29 heavy (non-hydrogen) atoms. The number of rotatable bonds is 4. The summed E-state index contributed by atoms with van der Waals surface area (Å²) in [5.74, 6) is -0.793. The van der Waals surface area contributed by atoms with E-state index in [-0.39, 0.29) is 11.6 Å². The molecular weight excluding hydrogens is 382 g/mol. The summed E-state index contributed by atoms with van der Waals surface area (Å²) in [6, 6.07) is 18.1. The van der Waals surface area contributed by atoms with E-state index in [0.29, 0.717) is 16.8 Å². The number of imide groups is 1. The van der Waals surface area contributed by atoms with Crippen molar-refractivity contribution in [2.24, 2.45) is 0 Å². The lowest BCUT2D eigenvalue weighted by Gasteiger charge is -2.16. The number of aryl methyl sites for hydroxylation is 2. The summed E-state index contributed by atoms with van der Waals surface area (Å²) in [5.41, 5.74) is 4.34. The van der Waals surface area contributed by atoms with Crippen molar-refractivity contribution in [3.8, 4) is 6.07 Å². The van der Waals surface area contributed by atoms with E-state index in [9.17, 15) is 9.59 Å². The summed E-state index contributed by atoms with van der Waals surface area (Å²) >= 11 is 1.41. The number of anilines is 2. The van der Waals surface area contributed by atoms with Gasteiger partial charge < -0.3 is 5.32 Å². The highest BCUT2D eigenvalue weighted by Crippen LogP contribution is 2.36. The fourth-order valence-electron chi connectivity index (χ4n) is 3.22. The Kier molecular flexibility index (Phi) is 4.75. The highest BCUT2D eigenvalue weighted by atomic mass is 32.1. The van der Waals surface area contributed by atoms with E-state index in [4.69, 9.17) is 5.26 Å². The molecule has 4 rings (SSSR count). The molecule has 0 unspecified atom stereocenters. The van der Waals surface area contributed by atoms with Crippen LogP contribution in [0.5, 0.6) is 0 Å². The zero-order valence-corrected chi connectivity index (χ0v) is 16.7. The SMILES string of the molecule is Cc1ccc(C)c(NC2=C(c3cccs3)C(=O)N(c3ccc(C#N)cc3)C2=O)c1. The highest BCUT2D eigenvalue weighted by Gasteiger charge is 2.40. The molecule has 2 amide bonds. The molecule has 2 aromatic carbocycles. The summed E-state index contributed by atoms with van der Waals surface area (Å²) in [4.78, 5) is 28.5. The van der Waals surface area contributed by atoms with Gasteiger partial charge in [0.1, 0.15) is 5.70 Å². The molecule has 0 fully saturated rings. The molecule has 0 atom stereocenters. The Labute approximate surface area is 172 Å². The van der Waals surface area contributed by atoms with Gasteiger partial charge in [-0.05, 0) is 66.8 Å². The zero-order chi connectivity index (χ0) is 20.5. The first kappa shape index (κ1) is 18.7. The van der Waals surface area contributed by atoms with Crippen LogP contribution in [0.15, 0.2) is 65.7 Å². The minimum atomic E-state index is -0.413. The van der Waals surface area contributed by atoms with Gasteiger partial charge in [0.15, 0.2) is 0 Å². The Morgan fingerprint density at radius 3 is 2.41 bits per heavy atom. The molecule has 1 aliphatic rings. The molecule has 1 aromatic heterocycles. The normalized spacial score (nSPS) is 13.8. The fourth-order valence-corrected chi connectivity index (χ4v) is 3.99. The molecule has 2 heterocycles. The van der Waals surface area contributed by atoms with Gasteiger partial charge in [-0.2, -0.15) is 5.26 Å². The zero-order valence-electron chi connectivity index (χ0n) is 15.9. The number of amides is 2. The first-order valence-corrected chi connectivity index (χ1v) is 9.89. The molecule has 6 heteroatoms. The van der Waals surface area contributed by atoms with Crippen LogP contribution in [0.4, 0.5) is 11.4 Å². The largest absolute Gasteiger partial charge is 0.350 e. The minimum absolute atomic E-state index is 0.260. The topological polar surface area (TPSA) is 73.2 Å². The third-order valence-corrected chi connectivity index (χ3v) is 5.65. The van der Waals surface area contributed by atoms with E-state index in [1.165, 1.54) is 11.3 Å². The number of benzene rings is 2. The molecule has 0 saturated heterocycles. The second-order valence-corrected chi connectivity index (χ2v) is 7.72. The summed E-state index contributed by atoms with van der Waals surface area (Å²) in [6.07, 6.45) is 0. The van der Waals surface area contributed by atoms with Crippen LogP contribution in [0.25, 0.3) is 5.57 Å². The average Bonchev–Trinajstić information content (AvgIpc) is 3.32. The van der Waals surface area contributed by atoms with Gasteiger partial charge in [0.25, 0.3) is 11.8 Å². The average molecular weight is 399 g/mol. The van der Waals surface area contributed by atoms with Crippen molar-refractivity contribution in [2.75, 3.05) is 10.2 Å². The van der Waals surface area contributed by atoms with Crippen LogP contribution in [-0.4, -0.2) is 11.8 Å². The first-order valence-electron chi connectivity index (χ1n) is 9.01. The van der Waals surface area contributed by atoms with E-state index in [1.54, 1.807) is 24.3 Å². The van der Waals surface area contributed by atoms with Gasteiger partial charge in [0, 0.05) is 10.6 Å². The van der Waals surface area contributed by atoms with Gasteiger partial charge in [0.2, 0.25) is 0 Å². The molecule has 0 aliphatic carbocycles. The van der Waals surface area contributed by atoms with E-state index in [0.717, 1.165) is 26.6 Å². The van der Waals surface area contributed by atoms with Crippen molar-refractivity contribution in [1.29, 1.82) is 5.26 Å². The smallest absolute Gasteiger partial charge is 0.282 e. The van der Waals surface area contributed by atoms with Crippen molar-refractivity contribution >= 4 is 40.1 Å². The van der Waals surface area contributed by atoms with Gasteiger partial charge in [0.05, 0.1) is 22.9 Å². The van der Waals surface area contributed by atoms with Crippen LogP contribution < -0.4 is 10.2 Å². The maximum Gasteiger partial charge on any atom is 0.282 e. The van der Waals surface area contributed by atoms with Gasteiger partial charge in [-0.25, -0.2) is 4.90 Å². The standard InChI is InChI=1S/C23H17N3O2S/c1-14-5-6-15(2)18(12-14)25-21-20(19-4-3-11-29-19)22(27)26(23(21)28)17-9-7-16(13-24)8-10-17/h3-12,25H,1-2H3. The molecule has 1 N–H and O–H groups in total. The number of carbonyl (C=O) groups is 2. The lowest BCUT2D eigenvalue weighted by atomic mass is 10.1. The molecule has 0 saturated carbocycles. The number of thiophene rings is 1. The number of carbonyl (C=O) groups excluding carboxylic acids is 2. The predicted molar refractivity (Wildman–Crippen MR) is 114 cm³/mol. The van der Waals surface area contributed by atoms with Crippen molar-refractivity contribution in [2.45, 2.75) is 13.8 Å². The van der Waals surface area contributed by atoms with Gasteiger partial charge in [-0.1, -0.05) is 18.2 Å². The Bertz CT molecular complexity index is 1190. The molecule has 142 valence electrons. The summed E-state index contributed by atoms with van der Waals surface area (Å²) in [5, 5.41) is 14.1. The van der Waals surface area contributed by atoms with Crippen LogP contribution in [-0.2, 0) is 9.59 Å². The van der Waals surface area contributed by atoms with E-state index >= 15 is 0 Å². The van der Waals surface area contributed by atoms with Crippen molar-refractivity contribution in [3.05, 3.63) is 87.2 Å². The predicted octanol–water partition coefficient (Wildman–Crippen LogP) is 4.63. The summed E-state index contributed by atoms with van der Waals surface area (Å²) in [6.45, 7) is 3.93. The molecule has 5 nitrogen and oxygen atoms in total. The number of hydrogen-bond donors (Lipinski definition) is 1. The van der Waals surface area contributed by atoms with Crippen molar-refractivity contribution < 1.29 is 9.59 Å². The molecule has 0 bridgehead atoms. The molecule has 0 radical (unpaired) electrons. The Hall–Kier alpha value is -3.69. The third kappa shape index (κ3) is 3.33. The van der Waals surface area contributed by atoms with Crippen LogP contribution in [0.3, 0.4) is 0 Å². The van der Waals surface area contributed by atoms with E-state index in [2.05, 4.69) is 5.32 Å². The highest BCUT2D eigenvalue weighted by molar-refractivity contribution is 7.11. The van der Waals surface area contributed by atoms with Crippen LogP contribution in [0.1, 0.15) is 21.6 Å². The second-order valence-electron chi connectivity index (χ2n) is 6.78. The molecular formula is C23H17N3O2S. The Morgan fingerprint density at radius 2 is 1.76 bits per heavy atom. The quantitative estimate of drug-likeness (QED) is 0.649. The third-order valence-electron chi connectivity index (χ3n) is 4.76. The summed E-state index contributed by atoms with van der Waals surface area (Å²) < 4.78 is 0. The van der Waals surface area contributed by atoms with Gasteiger partial charge in [-0.15, -0.1) is 11.3 Å². The number of nitriles is 1. The first-order chi connectivity index (χ1) is 14.0. The number of nitrogens with zero attached hydrogens (tertiary/aromatic N) is 2. The number of hydrogen-bond acceptors (Lipinski definition) is 5. The minimum Gasteiger partial charge on any atom is -0.350 e.